The van der Waals surface area contributed by atoms with Gasteiger partial charge < -0.3 is 15.0 Å². The lowest BCUT2D eigenvalue weighted by Crippen LogP contribution is -2.45. The van der Waals surface area contributed by atoms with Crippen molar-refractivity contribution in [2.24, 2.45) is 5.92 Å². The molecule has 0 radical (unpaired) electrons. The van der Waals surface area contributed by atoms with Crippen LogP contribution in [0.4, 0.5) is 0 Å². The molecule has 3 rings (SSSR count). The van der Waals surface area contributed by atoms with Gasteiger partial charge in [0.1, 0.15) is 0 Å². The molecule has 0 bridgehead atoms. The highest BCUT2D eigenvalue weighted by molar-refractivity contribution is 5.79. The van der Waals surface area contributed by atoms with E-state index >= 15 is 0 Å². The molecular formula is C21H37N3O3. The van der Waals surface area contributed by atoms with Gasteiger partial charge in [0.25, 0.3) is 0 Å². The highest BCUT2D eigenvalue weighted by atomic mass is 16.5. The summed E-state index contributed by atoms with van der Waals surface area (Å²) in [5.74, 6) is 0.603. The van der Waals surface area contributed by atoms with Gasteiger partial charge in [-0.15, -0.1) is 0 Å². The minimum Gasteiger partial charge on any atom is -0.378 e. The van der Waals surface area contributed by atoms with Gasteiger partial charge >= 0.3 is 0 Å². The summed E-state index contributed by atoms with van der Waals surface area (Å²) in [5.41, 5.74) is 0. The van der Waals surface area contributed by atoms with Gasteiger partial charge in [0.2, 0.25) is 11.8 Å². The normalized spacial score (nSPS) is 22.9. The highest BCUT2D eigenvalue weighted by Gasteiger charge is 2.30. The molecule has 27 heavy (non-hydrogen) atoms. The summed E-state index contributed by atoms with van der Waals surface area (Å²) in [5, 5.41) is 3.01. The second kappa shape index (κ2) is 11.0. The Balaban J connectivity index is 1.22. The molecule has 3 aliphatic rings. The van der Waals surface area contributed by atoms with E-state index in [9.17, 15) is 9.59 Å². The molecule has 0 aromatic rings. The average Bonchev–Trinajstić information content (AvgIpc) is 3.23. The number of ether oxygens (including phenoxy) is 1. The summed E-state index contributed by atoms with van der Waals surface area (Å²) in [6, 6.07) is 0. The lowest BCUT2D eigenvalue weighted by Gasteiger charge is -2.32. The molecule has 2 aliphatic heterocycles. The van der Waals surface area contributed by atoms with Crippen LogP contribution < -0.4 is 5.32 Å². The Morgan fingerprint density at radius 2 is 1.59 bits per heavy atom. The molecule has 6 nitrogen and oxygen atoms in total. The maximum Gasteiger partial charge on any atom is 0.234 e. The van der Waals surface area contributed by atoms with Crippen LogP contribution in [0.2, 0.25) is 0 Å². The van der Waals surface area contributed by atoms with E-state index in [1.54, 1.807) is 0 Å². The first-order valence-corrected chi connectivity index (χ1v) is 11.1. The fraction of sp³-hybridized carbons (Fsp3) is 0.905. The maximum atomic E-state index is 12.5. The standard InChI is InChI=1S/C21H37N3O3/c25-20(22-11-6-16-27-19-7-2-1-3-8-19)17-23-14-9-18(10-15-23)21(26)24-12-4-5-13-24/h18-19H,1-17H2,(H,22,25). The van der Waals surface area contributed by atoms with E-state index in [1.165, 1.54) is 32.1 Å². The lowest BCUT2D eigenvalue weighted by atomic mass is 9.95. The summed E-state index contributed by atoms with van der Waals surface area (Å²) >= 11 is 0. The van der Waals surface area contributed by atoms with Crippen molar-refractivity contribution < 1.29 is 14.3 Å². The first-order chi connectivity index (χ1) is 13.2. The van der Waals surface area contributed by atoms with Gasteiger partial charge in [-0.25, -0.2) is 0 Å². The molecule has 3 fully saturated rings. The van der Waals surface area contributed by atoms with Crippen molar-refractivity contribution in [3.8, 4) is 0 Å². The van der Waals surface area contributed by atoms with E-state index in [2.05, 4.69) is 10.2 Å². The monoisotopic (exact) mass is 379 g/mol. The highest BCUT2D eigenvalue weighted by Crippen LogP contribution is 2.22. The maximum absolute atomic E-state index is 12.5. The zero-order valence-corrected chi connectivity index (χ0v) is 16.8. The van der Waals surface area contributed by atoms with E-state index in [-0.39, 0.29) is 11.8 Å². The average molecular weight is 380 g/mol. The lowest BCUT2D eigenvalue weighted by molar-refractivity contribution is -0.136. The van der Waals surface area contributed by atoms with Crippen LogP contribution in [0.5, 0.6) is 0 Å². The van der Waals surface area contributed by atoms with Crippen molar-refractivity contribution in [1.82, 2.24) is 15.1 Å². The predicted molar refractivity (Wildman–Crippen MR) is 105 cm³/mol. The molecule has 6 heteroatoms. The van der Waals surface area contributed by atoms with Gasteiger partial charge in [0.05, 0.1) is 12.6 Å². The molecule has 1 saturated carbocycles. The second-order valence-electron chi connectivity index (χ2n) is 8.42. The van der Waals surface area contributed by atoms with Crippen LogP contribution in [0.15, 0.2) is 0 Å². The molecule has 0 spiro atoms. The SMILES string of the molecule is O=C(CN1CCC(C(=O)N2CCCC2)CC1)NCCCOC1CCCCC1. The Morgan fingerprint density at radius 1 is 0.889 bits per heavy atom. The quantitative estimate of drug-likeness (QED) is 0.657. The van der Waals surface area contributed by atoms with Crippen LogP contribution in [-0.2, 0) is 14.3 Å². The van der Waals surface area contributed by atoms with Crippen LogP contribution in [-0.4, -0.2) is 73.6 Å². The number of nitrogens with zero attached hydrogens (tertiary/aromatic N) is 2. The number of likely N-dealkylation sites (tertiary alicyclic amines) is 2. The van der Waals surface area contributed by atoms with Crippen molar-refractivity contribution >= 4 is 11.8 Å². The zero-order valence-electron chi connectivity index (χ0n) is 16.8. The Kier molecular flexibility index (Phi) is 8.39. The molecule has 0 aromatic carbocycles. The second-order valence-corrected chi connectivity index (χ2v) is 8.42. The number of hydrogen-bond donors (Lipinski definition) is 1. The molecular weight excluding hydrogens is 342 g/mol. The number of hydrogen-bond acceptors (Lipinski definition) is 4. The Hall–Kier alpha value is -1.14. The topological polar surface area (TPSA) is 61.9 Å². The van der Waals surface area contributed by atoms with Gasteiger partial charge in [-0.1, -0.05) is 19.3 Å². The van der Waals surface area contributed by atoms with Gasteiger partial charge in [-0.05, 0) is 58.0 Å². The zero-order chi connectivity index (χ0) is 18.9. The van der Waals surface area contributed by atoms with Gasteiger partial charge in [-0.2, -0.15) is 0 Å². The van der Waals surface area contributed by atoms with Crippen molar-refractivity contribution in [2.45, 2.75) is 70.3 Å². The molecule has 0 aromatic heterocycles. The number of amides is 2. The summed E-state index contributed by atoms with van der Waals surface area (Å²) in [6.07, 6.45) is 11.7. The van der Waals surface area contributed by atoms with Gasteiger partial charge in [0.15, 0.2) is 0 Å². The molecule has 0 atom stereocenters. The summed E-state index contributed by atoms with van der Waals surface area (Å²) in [7, 11) is 0. The van der Waals surface area contributed by atoms with E-state index in [1.807, 2.05) is 4.90 Å². The third-order valence-electron chi connectivity index (χ3n) is 6.27. The fourth-order valence-electron chi connectivity index (χ4n) is 4.57. The predicted octanol–water partition coefficient (Wildman–Crippen LogP) is 2.18. The number of nitrogens with one attached hydrogen (secondary N) is 1. The Labute approximate surface area is 164 Å². The molecule has 2 amide bonds. The number of rotatable bonds is 8. The van der Waals surface area contributed by atoms with E-state index in [4.69, 9.17) is 4.74 Å². The largest absolute Gasteiger partial charge is 0.378 e. The smallest absolute Gasteiger partial charge is 0.234 e. The van der Waals surface area contributed by atoms with E-state index < -0.39 is 0 Å². The van der Waals surface area contributed by atoms with E-state index in [0.717, 1.165) is 64.9 Å². The first kappa shape index (κ1) is 20.6. The van der Waals surface area contributed by atoms with Crippen LogP contribution in [0, 0.1) is 5.92 Å². The van der Waals surface area contributed by atoms with Gasteiger partial charge in [-0.3, -0.25) is 14.5 Å². The molecule has 1 aliphatic carbocycles. The van der Waals surface area contributed by atoms with Crippen LogP contribution >= 0.6 is 0 Å². The van der Waals surface area contributed by atoms with Crippen LogP contribution in [0.1, 0.15) is 64.2 Å². The molecule has 0 unspecified atom stereocenters. The number of piperidine rings is 1. The molecule has 1 N–H and O–H groups in total. The van der Waals surface area contributed by atoms with Crippen molar-refractivity contribution in [1.29, 1.82) is 0 Å². The summed E-state index contributed by atoms with van der Waals surface area (Å²) in [4.78, 5) is 28.8. The molecule has 154 valence electrons. The van der Waals surface area contributed by atoms with Crippen molar-refractivity contribution in [2.75, 3.05) is 45.9 Å². The fourth-order valence-corrected chi connectivity index (χ4v) is 4.57. The first-order valence-electron chi connectivity index (χ1n) is 11.1. The summed E-state index contributed by atoms with van der Waals surface area (Å²) in [6.45, 7) is 5.46. The Bertz CT molecular complexity index is 465. The molecule has 2 saturated heterocycles. The van der Waals surface area contributed by atoms with Gasteiger partial charge in [0, 0.05) is 32.2 Å². The minimum atomic E-state index is 0.0944. The van der Waals surface area contributed by atoms with Crippen LogP contribution in [0.25, 0.3) is 0 Å². The van der Waals surface area contributed by atoms with Crippen molar-refractivity contribution in [3.05, 3.63) is 0 Å². The summed E-state index contributed by atoms with van der Waals surface area (Å²) < 4.78 is 5.89. The molecule has 2 heterocycles. The third-order valence-corrected chi connectivity index (χ3v) is 6.27. The Morgan fingerprint density at radius 3 is 2.30 bits per heavy atom. The minimum absolute atomic E-state index is 0.0944. The van der Waals surface area contributed by atoms with Crippen LogP contribution in [0.3, 0.4) is 0 Å². The van der Waals surface area contributed by atoms with Crippen molar-refractivity contribution in [3.63, 3.8) is 0 Å². The third kappa shape index (κ3) is 6.75. The number of carbonyl (C=O) groups excluding carboxylic acids is 2. The van der Waals surface area contributed by atoms with E-state index in [0.29, 0.717) is 25.1 Å². The number of carbonyl (C=O) groups is 2.